The van der Waals surface area contributed by atoms with E-state index in [1.807, 2.05) is 0 Å². The average Bonchev–Trinajstić information content (AvgIpc) is 3.05. The molecule has 1 aromatic heterocycles. The van der Waals surface area contributed by atoms with Crippen LogP contribution in [0.5, 0.6) is 0 Å². The topological polar surface area (TPSA) is 30.5 Å². The third-order valence-electron chi connectivity index (χ3n) is 3.21. The lowest BCUT2D eigenvalue weighted by Crippen LogP contribution is -2.21. The quantitative estimate of drug-likeness (QED) is 0.736. The second kappa shape index (κ2) is 7.89. The van der Waals surface area contributed by atoms with Crippen molar-refractivity contribution in [2.24, 2.45) is 0 Å². The first-order valence-electron chi connectivity index (χ1n) is 6.82. The number of hydrogen-bond acceptors (Lipinski definition) is 4. The minimum absolute atomic E-state index is 0.350. The van der Waals surface area contributed by atoms with Crippen molar-refractivity contribution in [2.75, 3.05) is 26.4 Å². The largest absolute Gasteiger partial charge is 0.379 e. The molecule has 0 bridgehead atoms. The van der Waals surface area contributed by atoms with Crippen LogP contribution in [-0.4, -0.2) is 32.5 Å². The summed E-state index contributed by atoms with van der Waals surface area (Å²) in [5, 5.41) is 5.64. The molecule has 1 saturated heterocycles. The zero-order chi connectivity index (χ0) is 12.6. The van der Waals surface area contributed by atoms with E-state index in [4.69, 9.17) is 9.47 Å². The molecule has 0 radical (unpaired) electrons. The molecule has 2 atom stereocenters. The van der Waals surface area contributed by atoms with Gasteiger partial charge >= 0.3 is 0 Å². The zero-order valence-corrected chi connectivity index (χ0v) is 11.9. The Hall–Kier alpha value is -0.420. The number of nitrogens with one attached hydrogen (secondary N) is 1. The van der Waals surface area contributed by atoms with Crippen LogP contribution in [-0.2, 0) is 9.47 Å². The van der Waals surface area contributed by atoms with Crippen LogP contribution in [0.15, 0.2) is 17.5 Å². The molecule has 0 aromatic carbocycles. The molecule has 2 heterocycles. The minimum Gasteiger partial charge on any atom is -0.379 e. The Balaban J connectivity index is 1.46. The van der Waals surface area contributed by atoms with Crippen molar-refractivity contribution in [3.05, 3.63) is 22.4 Å². The van der Waals surface area contributed by atoms with Crippen molar-refractivity contribution >= 4 is 11.3 Å². The molecule has 2 rings (SSSR count). The van der Waals surface area contributed by atoms with E-state index in [1.54, 1.807) is 11.3 Å². The van der Waals surface area contributed by atoms with E-state index in [-0.39, 0.29) is 0 Å². The van der Waals surface area contributed by atoms with E-state index < -0.39 is 0 Å². The summed E-state index contributed by atoms with van der Waals surface area (Å²) in [4.78, 5) is 1.40. The van der Waals surface area contributed by atoms with Gasteiger partial charge in [-0.1, -0.05) is 6.07 Å². The maximum Gasteiger partial charge on any atom is 0.0809 e. The van der Waals surface area contributed by atoms with Crippen LogP contribution in [0.4, 0.5) is 0 Å². The molecule has 102 valence electrons. The maximum absolute atomic E-state index is 5.63. The van der Waals surface area contributed by atoms with E-state index in [0.717, 1.165) is 39.2 Å². The fourth-order valence-electron chi connectivity index (χ4n) is 2.12. The van der Waals surface area contributed by atoms with Gasteiger partial charge in [0.05, 0.1) is 12.7 Å². The molecule has 3 nitrogen and oxygen atoms in total. The lowest BCUT2D eigenvalue weighted by Gasteiger charge is -2.13. The van der Waals surface area contributed by atoms with Gasteiger partial charge in [-0.2, -0.15) is 0 Å². The molecule has 1 fully saturated rings. The van der Waals surface area contributed by atoms with Crippen molar-refractivity contribution < 1.29 is 9.47 Å². The molecule has 18 heavy (non-hydrogen) atoms. The Labute approximate surface area is 113 Å². The van der Waals surface area contributed by atoms with E-state index in [1.165, 1.54) is 11.3 Å². The molecule has 0 spiro atoms. The monoisotopic (exact) mass is 269 g/mol. The van der Waals surface area contributed by atoms with Crippen molar-refractivity contribution in [3.63, 3.8) is 0 Å². The standard InChI is InChI=1S/C14H23NO2S/c1-12(14-6-3-10-18-14)15-7-4-8-16-11-13-5-2-9-17-13/h3,6,10,12-13,15H,2,4-5,7-9,11H2,1H3. The van der Waals surface area contributed by atoms with Crippen molar-refractivity contribution in [1.82, 2.24) is 5.32 Å². The van der Waals surface area contributed by atoms with E-state index in [0.29, 0.717) is 12.1 Å². The summed E-state index contributed by atoms with van der Waals surface area (Å²) in [6, 6.07) is 4.72. The van der Waals surface area contributed by atoms with Crippen molar-refractivity contribution in [3.8, 4) is 0 Å². The van der Waals surface area contributed by atoms with Gasteiger partial charge in [0.1, 0.15) is 0 Å². The molecule has 2 unspecified atom stereocenters. The summed E-state index contributed by atoms with van der Waals surface area (Å²) >= 11 is 1.81. The highest BCUT2D eigenvalue weighted by Gasteiger charge is 2.14. The highest BCUT2D eigenvalue weighted by Crippen LogP contribution is 2.17. The molecular weight excluding hydrogens is 246 g/mol. The van der Waals surface area contributed by atoms with Gasteiger partial charge in [0, 0.05) is 24.1 Å². The second-order valence-corrected chi connectivity index (χ2v) is 5.73. The molecule has 0 amide bonds. The first-order valence-corrected chi connectivity index (χ1v) is 7.70. The zero-order valence-electron chi connectivity index (χ0n) is 11.1. The van der Waals surface area contributed by atoms with Gasteiger partial charge in [0.15, 0.2) is 0 Å². The summed E-state index contributed by atoms with van der Waals surface area (Å²) in [5.74, 6) is 0. The molecule has 0 aliphatic carbocycles. The number of hydrogen-bond donors (Lipinski definition) is 1. The van der Waals surface area contributed by atoms with Crippen LogP contribution in [0.1, 0.15) is 37.1 Å². The van der Waals surface area contributed by atoms with Crippen molar-refractivity contribution in [2.45, 2.75) is 38.3 Å². The molecular formula is C14H23NO2S. The van der Waals surface area contributed by atoms with Gasteiger partial charge in [-0.05, 0) is 44.2 Å². The predicted molar refractivity (Wildman–Crippen MR) is 75.1 cm³/mol. The van der Waals surface area contributed by atoms with Gasteiger partial charge in [-0.25, -0.2) is 0 Å². The second-order valence-electron chi connectivity index (χ2n) is 4.75. The smallest absolute Gasteiger partial charge is 0.0809 e. The predicted octanol–water partition coefficient (Wildman–Crippen LogP) is 2.98. The normalized spacial score (nSPS) is 21.3. The maximum atomic E-state index is 5.63. The first kappa shape index (κ1) is 14.0. The minimum atomic E-state index is 0.350. The third-order valence-corrected chi connectivity index (χ3v) is 4.27. The Bertz CT molecular complexity index is 310. The van der Waals surface area contributed by atoms with Crippen LogP contribution >= 0.6 is 11.3 Å². The van der Waals surface area contributed by atoms with Crippen molar-refractivity contribution in [1.29, 1.82) is 0 Å². The fourth-order valence-corrected chi connectivity index (χ4v) is 2.88. The van der Waals surface area contributed by atoms with Gasteiger partial charge in [-0.15, -0.1) is 11.3 Å². The lowest BCUT2D eigenvalue weighted by atomic mass is 10.2. The Kier molecular flexibility index (Phi) is 6.14. The Morgan fingerprint density at radius 3 is 3.28 bits per heavy atom. The lowest BCUT2D eigenvalue weighted by molar-refractivity contribution is 0.0165. The third kappa shape index (κ3) is 4.69. The molecule has 1 aliphatic heterocycles. The summed E-state index contributed by atoms with van der Waals surface area (Å²) in [7, 11) is 0. The van der Waals surface area contributed by atoms with Crippen LogP contribution < -0.4 is 5.32 Å². The molecule has 0 saturated carbocycles. The summed E-state index contributed by atoms with van der Waals surface area (Å²) in [5.41, 5.74) is 0. The number of ether oxygens (including phenoxy) is 2. The molecule has 1 aliphatic rings. The van der Waals surface area contributed by atoms with E-state index >= 15 is 0 Å². The first-order chi connectivity index (χ1) is 8.86. The summed E-state index contributed by atoms with van der Waals surface area (Å²) in [6.07, 6.45) is 3.76. The SMILES string of the molecule is CC(NCCCOCC1CCCO1)c1cccs1. The van der Waals surface area contributed by atoms with Crippen LogP contribution in [0.3, 0.4) is 0 Å². The fraction of sp³-hybridized carbons (Fsp3) is 0.714. The number of thiophene rings is 1. The average molecular weight is 269 g/mol. The van der Waals surface area contributed by atoms with Crippen LogP contribution in [0.25, 0.3) is 0 Å². The van der Waals surface area contributed by atoms with Gasteiger partial charge in [0.2, 0.25) is 0 Å². The molecule has 1 aromatic rings. The Morgan fingerprint density at radius 2 is 2.56 bits per heavy atom. The summed E-state index contributed by atoms with van der Waals surface area (Å²) in [6.45, 7) is 5.71. The van der Waals surface area contributed by atoms with Crippen LogP contribution in [0, 0.1) is 0 Å². The van der Waals surface area contributed by atoms with Crippen LogP contribution in [0.2, 0.25) is 0 Å². The summed E-state index contributed by atoms with van der Waals surface area (Å²) < 4.78 is 11.1. The molecule has 4 heteroatoms. The van der Waals surface area contributed by atoms with Gasteiger partial charge in [0.25, 0.3) is 0 Å². The van der Waals surface area contributed by atoms with Gasteiger partial charge in [-0.3, -0.25) is 0 Å². The number of rotatable bonds is 8. The van der Waals surface area contributed by atoms with E-state index in [2.05, 4.69) is 29.8 Å². The van der Waals surface area contributed by atoms with E-state index in [9.17, 15) is 0 Å². The van der Waals surface area contributed by atoms with Gasteiger partial charge < -0.3 is 14.8 Å². The highest BCUT2D eigenvalue weighted by molar-refractivity contribution is 7.10. The highest BCUT2D eigenvalue weighted by atomic mass is 32.1. The molecule has 1 N–H and O–H groups in total. The Morgan fingerprint density at radius 1 is 1.61 bits per heavy atom.